The molecule has 2 aromatic rings. The summed E-state index contributed by atoms with van der Waals surface area (Å²) in [5.74, 6) is 0.504. The summed E-state index contributed by atoms with van der Waals surface area (Å²) in [5, 5.41) is 0. The number of nitrogens with two attached hydrogens (primary N) is 1. The number of ether oxygens (including phenoxy) is 1. The Morgan fingerprint density at radius 2 is 1.90 bits per heavy atom. The van der Waals surface area contributed by atoms with Crippen molar-refractivity contribution in [3.8, 4) is 5.75 Å². The van der Waals surface area contributed by atoms with Crippen LogP contribution >= 0.6 is 15.9 Å². The first-order chi connectivity index (χ1) is 9.81. The molecule has 0 aliphatic carbocycles. The Hall–Kier alpha value is -1.73. The van der Waals surface area contributed by atoms with Gasteiger partial charge in [-0.25, -0.2) is 8.42 Å². The van der Waals surface area contributed by atoms with E-state index in [4.69, 9.17) is 10.5 Å². The van der Waals surface area contributed by atoms with Crippen molar-refractivity contribution in [3.05, 3.63) is 46.4 Å². The second kappa shape index (κ2) is 5.95. The third-order valence-electron chi connectivity index (χ3n) is 2.80. The number of anilines is 2. The lowest BCUT2D eigenvalue weighted by Crippen LogP contribution is -2.15. The number of halogens is 1. The third-order valence-corrected chi connectivity index (χ3v) is 4.71. The topological polar surface area (TPSA) is 81.4 Å². The highest BCUT2D eigenvalue weighted by atomic mass is 79.9. The summed E-state index contributed by atoms with van der Waals surface area (Å²) in [5.41, 5.74) is 7.33. The number of rotatable bonds is 4. The lowest BCUT2D eigenvalue weighted by Gasteiger charge is -2.12. The van der Waals surface area contributed by atoms with E-state index in [2.05, 4.69) is 20.7 Å². The highest BCUT2D eigenvalue weighted by Crippen LogP contribution is 2.27. The van der Waals surface area contributed by atoms with E-state index in [0.29, 0.717) is 11.4 Å². The molecule has 0 radical (unpaired) electrons. The van der Waals surface area contributed by atoms with Gasteiger partial charge in [-0.3, -0.25) is 4.72 Å². The molecule has 0 bridgehead atoms. The van der Waals surface area contributed by atoms with Crippen LogP contribution in [0.1, 0.15) is 5.56 Å². The smallest absolute Gasteiger partial charge is 0.263 e. The number of sulfonamides is 1. The molecule has 0 unspecified atom stereocenters. The van der Waals surface area contributed by atoms with Gasteiger partial charge >= 0.3 is 0 Å². The minimum atomic E-state index is -3.75. The van der Waals surface area contributed by atoms with Crippen LogP contribution in [-0.2, 0) is 10.0 Å². The standard InChI is InChI=1S/C14H15BrN2O3S/c1-9-5-10(15)7-11(6-9)17-21(18,19)14-4-3-12(20-2)8-13(14)16/h3-8,17H,16H2,1-2H3. The predicted octanol–water partition coefficient (Wildman–Crippen LogP) is 3.15. The Morgan fingerprint density at radius 3 is 2.48 bits per heavy atom. The largest absolute Gasteiger partial charge is 0.497 e. The van der Waals surface area contributed by atoms with Gasteiger partial charge in [0.15, 0.2) is 0 Å². The molecule has 0 saturated carbocycles. The van der Waals surface area contributed by atoms with E-state index in [1.54, 1.807) is 18.2 Å². The van der Waals surface area contributed by atoms with Gasteiger partial charge in [-0.1, -0.05) is 15.9 Å². The van der Waals surface area contributed by atoms with Crippen molar-refractivity contribution in [2.75, 3.05) is 17.6 Å². The van der Waals surface area contributed by atoms with E-state index in [1.165, 1.54) is 19.2 Å². The average molecular weight is 371 g/mol. The van der Waals surface area contributed by atoms with Crippen LogP contribution in [0.15, 0.2) is 45.8 Å². The summed E-state index contributed by atoms with van der Waals surface area (Å²) >= 11 is 3.33. The lowest BCUT2D eigenvalue weighted by molar-refractivity contribution is 0.414. The molecular weight excluding hydrogens is 356 g/mol. The van der Waals surface area contributed by atoms with Crippen LogP contribution < -0.4 is 15.2 Å². The highest BCUT2D eigenvalue weighted by molar-refractivity contribution is 9.10. The monoisotopic (exact) mass is 370 g/mol. The second-order valence-electron chi connectivity index (χ2n) is 4.53. The Labute approximate surface area is 132 Å². The van der Waals surface area contributed by atoms with Crippen LogP contribution in [0.2, 0.25) is 0 Å². The predicted molar refractivity (Wildman–Crippen MR) is 87.1 cm³/mol. The maximum atomic E-state index is 12.4. The summed E-state index contributed by atoms with van der Waals surface area (Å²) in [7, 11) is -2.26. The zero-order chi connectivity index (χ0) is 15.6. The molecule has 0 heterocycles. The molecule has 0 amide bonds. The molecule has 0 aliphatic heterocycles. The number of benzene rings is 2. The molecule has 7 heteroatoms. The highest BCUT2D eigenvalue weighted by Gasteiger charge is 2.18. The first-order valence-electron chi connectivity index (χ1n) is 6.05. The summed E-state index contributed by atoms with van der Waals surface area (Å²) in [4.78, 5) is 0.0147. The maximum Gasteiger partial charge on any atom is 0.263 e. The number of hydrogen-bond acceptors (Lipinski definition) is 4. The SMILES string of the molecule is COc1ccc(S(=O)(=O)Nc2cc(C)cc(Br)c2)c(N)c1. The van der Waals surface area contributed by atoms with E-state index in [1.807, 2.05) is 13.0 Å². The maximum absolute atomic E-state index is 12.4. The number of hydrogen-bond donors (Lipinski definition) is 2. The minimum absolute atomic E-state index is 0.0147. The van der Waals surface area contributed by atoms with Gasteiger partial charge in [0.25, 0.3) is 10.0 Å². The Kier molecular flexibility index (Phi) is 4.43. The van der Waals surface area contributed by atoms with Crippen molar-refractivity contribution in [2.45, 2.75) is 11.8 Å². The van der Waals surface area contributed by atoms with Crippen molar-refractivity contribution < 1.29 is 13.2 Å². The number of nitrogen functional groups attached to an aromatic ring is 1. The first-order valence-corrected chi connectivity index (χ1v) is 8.33. The van der Waals surface area contributed by atoms with Crippen molar-refractivity contribution in [3.63, 3.8) is 0 Å². The zero-order valence-corrected chi connectivity index (χ0v) is 14.0. The molecule has 112 valence electrons. The van der Waals surface area contributed by atoms with Gasteiger partial charge < -0.3 is 10.5 Å². The van der Waals surface area contributed by atoms with Gasteiger partial charge in [-0.2, -0.15) is 0 Å². The molecule has 3 N–H and O–H groups in total. The van der Waals surface area contributed by atoms with Crippen molar-refractivity contribution in [1.82, 2.24) is 0 Å². The normalized spacial score (nSPS) is 11.2. The lowest BCUT2D eigenvalue weighted by atomic mass is 10.2. The Balaban J connectivity index is 2.38. The summed E-state index contributed by atoms with van der Waals surface area (Å²) in [6.45, 7) is 1.88. The average Bonchev–Trinajstić information content (AvgIpc) is 2.36. The molecule has 0 aliphatic rings. The number of aryl methyl sites for hydroxylation is 1. The molecule has 0 fully saturated rings. The van der Waals surface area contributed by atoms with E-state index in [9.17, 15) is 8.42 Å². The second-order valence-corrected chi connectivity index (χ2v) is 7.09. The quantitative estimate of drug-likeness (QED) is 0.809. The van der Waals surface area contributed by atoms with Gasteiger partial charge in [0.2, 0.25) is 0 Å². The molecule has 21 heavy (non-hydrogen) atoms. The fraction of sp³-hybridized carbons (Fsp3) is 0.143. The molecular formula is C14H15BrN2O3S. The zero-order valence-electron chi connectivity index (χ0n) is 11.6. The van der Waals surface area contributed by atoms with E-state index < -0.39 is 10.0 Å². The van der Waals surface area contributed by atoms with Gasteiger partial charge in [0.1, 0.15) is 10.6 Å². The number of nitrogens with one attached hydrogen (secondary N) is 1. The molecule has 2 rings (SSSR count). The van der Waals surface area contributed by atoms with Crippen LogP contribution in [-0.4, -0.2) is 15.5 Å². The van der Waals surface area contributed by atoms with E-state index >= 15 is 0 Å². The Morgan fingerprint density at radius 1 is 1.19 bits per heavy atom. The fourth-order valence-electron chi connectivity index (χ4n) is 1.90. The molecule has 2 aromatic carbocycles. The summed E-state index contributed by atoms with van der Waals surface area (Å²) < 4.78 is 33.1. The van der Waals surface area contributed by atoms with Crippen LogP contribution in [0.5, 0.6) is 5.75 Å². The van der Waals surface area contributed by atoms with Crippen LogP contribution in [0.25, 0.3) is 0 Å². The van der Waals surface area contributed by atoms with E-state index in [0.717, 1.165) is 10.0 Å². The minimum Gasteiger partial charge on any atom is -0.497 e. The van der Waals surface area contributed by atoms with Gasteiger partial charge in [-0.15, -0.1) is 0 Å². The summed E-state index contributed by atoms with van der Waals surface area (Å²) in [6.07, 6.45) is 0. The molecule has 0 spiro atoms. The van der Waals surface area contributed by atoms with Gasteiger partial charge in [-0.05, 0) is 42.8 Å². The molecule has 0 aromatic heterocycles. The van der Waals surface area contributed by atoms with Crippen molar-refractivity contribution >= 4 is 37.3 Å². The van der Waals surface area contributed by atoms with Crippen molar-refractivity contribution in [1.29, 1.82) is 0 Å². The molecule has 0 atom stereocenters. The van der Waals surface area contributed by atoms with Crippen LogP contribution in [0.4, 0.5) is 11.4 Å². The fourth-order valence-corrected chi connectivity index (χ4v) is 3.67. The van der Waals surface area contributed by atoms with Crippen molar-refractivity contribution in [2.24, 2.45) is 0 Å². The Bertz CT molecular complexity index is 756. The number of methoxy groups -OCH3 is 1. The van der Waals surface area contributed by atoms with Gasteiger partial charge in [0.05, 0.1) is 18.5 Å². The molecule has 0 saturated heterocycles. The van der Waals surface area contributed by atoms with Crippen LogP contribution in [0, 0.1) is 6.92 Å². The molecule has 5 nitrogen and oxygen atoms in total. The third kappa shape index (κ3) is 3.68. The summed E-state index contributed by atoms with van der Waals surface area (Å²) in [6, 6.07) is 9.75. The van der Waals surface area contributed by atoms with Crippen LogP contribution in [0.3, 0.4) is 0 Å². The van der Waals surface area contributed by atoms with E-state index in [-0.39, 0.29) is 10.6 Å². The first kappa shape index (κ1) is 15.7. The van der Waals surface area contributed by atoms with Gasteiger partial charge in [0, 0.05) is 10.5 Å².